The number of ketones is 3. The summed E-state index contributed by atoms with van der Waals surface area (Å²) in [7, 11) is 0. The largest absolute Gasteiger partial charge is 0.507 e. The van der Waals surface area contributed by atoms with Gasteiger partial charge in [0, 0.05) is 16.7 Å². The number of rotatable bonds is 0. The molecule has 1 atom stereocenters. The number of carbonyl (C=O) groups excluding carboxylic acids is 3. The van der Waals surface area contributed by atoms with E-state index in [9.17, 15) is 34.8 Å². The molecule has 5 rings (SSSR count). The third-order valence-electron chi connectivity index (χ3n) is 6.45. The predicted octanol–water partition coefficient (Wildman–Crippen LogP) is 2.89. The highest BCUT2D eigenvalue weighted by atomic mass is 35.5. The summed E-state index contributed by atoms with van der Waals surface area (Å²) in [5.74, 6) is -4.16. The Hall–Kier alpha value is -3.16. The minimum atomic E-state index is -2.21. The van der Waals surface area contributed by atoms with E-state index in [0.717, 1.165) is 6.08 Å². The standard InChI is InChI=1S/C22H15ClO7/c1-6-4-7(24)11-14-10(6)8(25)5-9-21(2,3)20(29)13-15(22(9,14)30)12(17(11)26)18(27)16(23)19(13)28/h4-5,24,27-28,30H,1-3H3/t22-/m1/s1. The Morgan fingerprint density at radius 2 is 1.47 bits per heavy atom. The van der Waals surface area contributed by atoms with Crippen molar-refractivity contribution in [3.63, 3.8) is 0 Å². The fourth-order valence-corrected chi connectivity index (χ4v) is 5.29. The molecule has 30 heavy (non-hydrogen) atoms. The van der Waals surface area contributed by atoms with Gasteiger partial charge in [-0.25, -0.2) is 0 Å². The lowest BCUT2D eigenvalue weighted by molar-refractivity contribution is 0.0562. The van der Waals surface area contributed by atoms with Crippen molar-refractivity contribution in [1.29, 1.82) is 0 Å². The lowest BCUT2D eigenvalue weighted by Gasteiger charge is -2.50. The molecular weight excluding hydrogens is 412 g/mol. The number of Topliss-reactive ketones (excluding diaryl/α,β-unsaturated/α-hetero) is 1. The maximum atomic E-state index is 13.3. The molecule has 0 heterocycles. The first-order valence-electron chi connectivity index (χ1n) is 9.10. The highest BCUT2D eigenvalue weighted by Gasteiger charge is 2.62. The Kier molecular flexibility index (Phi) is 3.21. The third-order valence-corrected chi connectivity index (χ3v) is 6.81. The fraction of sp³-hybridized carbons (Fsp3) is 0.227. The van der Waals surface area contributed by atoms with Crippen LogP contribution in [0.1, 0.15) is 67.2 Å². The molecule has 0 bridgehead atoms. The van der Waals surface area contributed by atoms with Crippen molar-refractivity contribution >= 4 is 29.0 Å². The number of carbonyl (C=O) groups is 3. The molecule has 7 nitrogen and oxygen atoms in total. The van der Waals surface area contributed by atoms with Gasteiger partial charge in [-0.1, -0.05) is 11.6 Å². The lowest BCUT2D eigenvalue weighted by atomic mass is 9.53. The van der Waals surface area contributed by atoms with Crippen LogP contribution in [-0.4, -0.2) is 37.8 Å². The molecule has 2 aromatic carbocycles. The molecular formula is C22H15ClO7. The van der Waals surface area contributed by atoms with E-state index < -0.39 is 61.8 Å². The Bertz CT molecular complexity index is 1330. The van der Waals surface area contributed by atoms with Crippen LogP contribution in [0.5, 0.6) is 17.2 Å². The molecule has 3 aliphatic carbocycles. The van der Waals surface area contributed by atoms with E-state index in [1.54, 1.807) is 6.92 Å². The number of allylic oxidation sites excluding steroid dienone is 1. The molecule has 4 N–H and O–H groups in total. The number of aryl methyl sites for hydroxylation is 1. The normalized spacial score (nSPS) is 22.7. The molecule has 0 spiro atoms. The summed E-state index contributed by atoms with van der Waals surface area (Å²) in [6.45, 7) is 4.50. The molecule has 0 saturated carbocycles. The van der Waals surface area contributed by atoms with Crippen LogP contribution in [0.25, 0.3) is 0 Å². The van der Waals surface area contributed by atoms with Gasteiger partial charge >= 0.3 is 0 Å². The van der Waals surface area contributed by atoms with E-state index in [1.165, 1.54) is 19.9 Å². The molecule has 0 aromatic heterocycles. The molecule has 0 radical (unpaired) electrons. The van der Waals surface area contributed by atoms with Crippen LogP contribution in [-0.2, 0) is 5.60 Å². The molecule has 8 heteroatoms. The quantitative estimate of drug-likeness (QED) is 0.509. The van der Waals surface area contributed by atoms with Crippen LogP contribution in [0.3, 0.4) is 0 Å². The Labute approximate surface area is 174 Å². The topological polar surface area (TPSA) is 132 Å². The molecule has 2 aromatic rings. The summed E-state index contributed by atoms with van der Waals surface area (Å²) in [6, 6.07) is 1.23. The van der Waals surface area contributed by atoms with E-state index in [2.05, 4.69) is 0 Å². The number of phenols is 3. The predicted molar refractivity (Wildman–Crippen MR) is 105 cm³/mol. The zero-order chi connectivity index (χ0) is 22.1. The van der Waals surface area contributed by atoms with Gasteiger partial charge in [0.05, 0.1) is 22.1 Å². The van der Waals surface area contributed by atoms with Gasteiger partial charge in [-0.2, -0.15) is 0 Å². The Morgan fingerprint density at radius 1 is 0.900 bits per heavy atom. The number of hydrogen-bond donors (Lipinski definition) is 4. The summed E-state index contributed by atoms with van der Waals surface area (Å²) in [4.78, 5) is 39.7. The van der Waals surface area contributed by atoms with E-state index in [1.807, 2.05) is 0 Å². The summed E-state index contributed by atoms with van der Waals surface area (Å²) in [6.07, 6.45) is 1.15. The van der Waals surface area contributed by atoms with Crippen LogP contribution >= 0.6 is 11.6 Å². The molecule has 0 unspecified atom stereocenters. The van der Waals surface area contributed by atoms with Crippen molar-refractivity contribution in [3.8, 4) is 17.2 Å². The van der Waals surface area contributed by atoms with Crippen molar-refractivity contribution in [3.05, 3.63) is 61.7 Å². The van der Waals surface area contributed by atoms with Crippen LogP contribution < -0.4 is 0 Å². The average Bonchev–Trinajstić information content (AvgIpc) is 2.65. The molecule has 0 aliphatic heterocycles. The van der Waals surface area contributed by atoms with Gasteiger partial charge in [0.1, 0.15) is 27.9 Å². The number of aromatic hydroxyl groups is 3. The first-order valence-corrected chi connectivity index (χ1v) is 9.48. The summed E-state index contributed by atoms with van der Waals surface area (Å²) in [5.41, 5.74) is -5.03. The van der Waals surface area contributed by atoms with E-state index >= 15 is 0 Å². The SMILES string of the molecule is Cc1cc(O)c2c3c1C(=O)C=C1C(C)(C)C(=O)c4c(O)c(Cl)c(O)c(c4[C@@]13O)C2=O. The number of benzene rings is 2. The third kappa shape index (κ3) is 1.71. The molecule has 0 saturated heterocycles. The molecule has 3 aliphatic rings. The lowest BCUT2D eigenvalue weighted by Crippen LogP contribution is -2.52. The molecule has 0 fully saturated rings. The van der Waals surface area contributed by atoms with E-state index in [-0.39, 0.29) is 27.8 Å². The smallest absolute Gasteiger partial charge is 0.201 e. The zero-order valence-electron chi connectivity index (χ0n) is 16.0. The fourth-order valence-electron chi connectivity index (χ4n) is 5.10. The van der Waals surface area contributed by atoms with E-state index in [4.69, 9.17) is 11.6 Å². The number of hydrogen-bond acceptors (Lipinski definition) is 7. The van der Waals surface area contributed by atoms with Gasteiger partial charge in [0.25, 0.3) is 0 Å². The van der Waals surface area contributed by atoms with Gasteiger partial charge in [-0.15, -0.1) is 0 Å². The van der Waals surface area contributed by atoms with Gasteiger partial charge in [-0.3, -0.25) is 14.4 Å². The second-order valence-corrected chi connectivity index (χ2v) is 8.77. The molecule has 0 amide bonds. The first kappa shape index (κ1) is 18.8. The van der Waals surface area contributed by atoms with Crippen LogP contribution in [0.15, 0.2) is 17.7 Å². The monoisotopic (exact) mass is 426 g/mol. The van der Waals surface area contributed by atoms with Crippen LogP contribution in [0.4, 0.5) is 0 Å². The van der Waals surface area contributed by atoms with Gasteiger partial charge < -0.3 is 20.4 Å². The second-order valence-electron chi connectivity index (χ2n) is 8.39. The van der Waals surface area contributed by atoms with Crippen molar-refractivity contribution in [1.82, 2.24) is 0 Å². The van der Waals surface area contributed by atoms with Crippen molar-refractivity contribution in [2.24, 2.45) is 5.41 Å². The number of phenolic OH excluding ortho intramolecular Hbond substituents is 3. The van der Waals surface area contributed by atoms with E-state index in [0.29, 0.717) is 5.56 Å². The molecule has 152 valence electrons. The summed E-state index contributed by atoms with van der Waals surface area (Å²) in [5, 5.41) is 43.2. The minimum absolute atomic E-state index is 0.00822. The van der Waals surface area contributed by atoms with Crippen LogP contribution in [0, 0.1) is 12.3 Å². The van der Waals surface area contributed by atoms with Gasteiger partial charge in [-0.05, 0) is 44.1 Å². The number of halogens is 1. The highest BCUT2D eigenvalue weighted by Crippen LogP contribution is 2.63. The maximum Gasteiger partial charge on any atom is 0.201 e. The van der Waals surface area contributed by atoms with Gasteiger partial charge in [0.2, 0.25) is 5.78 Å². The first-order chi connectivity index (χ1) is 13.9. The highest BCUT2D eigenvalue weighted by molar-refractivity contribution is 6.36. The zero-order valence-corrected chi connectivity index (χ0v) is 16.8. The average molecular weight is 427 g/mol. The minimum Gasteiger partial charge on any atom is -0.507 e. The van der Waals surface area contributed by atoms with Gasteiger partial charge in [0.15, 0.2) is 11.6 Å². The maximum absolute atomic E-state index is 13.3. The van der Waals surface area contributed by atoms with Crippen LogP contribution in [0.2, 0.25) is 5.02 Å². The Balaban J connectivity index is 2.15. The van der Waals surface area contributed by atoms with Crippen molar-refractivity contribution in [2.75, 3.05) is 0 Å². The second kappa shape index (κ2) is 5.11. The summed E-state index contributed by atoms with van der Waals surface area (Å²) < 4.78 is 0. The Morgan fingerprint density at radius 3 is 2.10 bits per heavy atom. The van der Waals surface area contributed by atoms with Crippen molar-refractivity contribution < 1.29 is 34.8 Å². The number of aliphatic hydroxyl groups is 1. The summed E-state index contributed by atoms with van der Waals surface area (Å²) >= 11 is 6.02. The van der Waals surface area contributed by atoms with Crippen molar-refractivity contribution in [2.45, 2.75) is 26.4 Å².